The third kappa shape index (κ3) is 2.80. The molecule has 1 N–H and O–H groups in total. The Bertz CT molecular complexity index is 375. The monoisotopic (exact) mass is 243 g/mol. The molecule has 1 aromatic heterocycles. The van der Waals surface area contributed by atoms with Gasteiger partial charge in [0.2, 0.25) is 0 Å². The first kappa shape index (κ1) is 13.1. The van der Waals surface area contributed by atoms with Crippen LogP contribution in [0.5, 0.6) is 0 Å². The van der Waals surface area contributed by atoms with Gasteiger partial charge in [-0.05, 0) is 27.7 Å². The van der Waals surface area contributed by atoms with Crippen LogP contribution in [0.3, 0.4) is 0 Å². The van der Waals surface area contributed by atoms with Gasteiger partial charge in [-0.15, -0.1) is 11.3 Å². The number of carbonyl (C=O) groups is 1. The van der Waals surface area contributed by atoms with Gasteiger partial charge in [0.25, 0.3) is 0 Å². The lowest BCUT2D eigenvalue weighted by Gasteiger charge is -2.16. The Kier molecular flexibility index (Phi) is 4.44. The summed E-state index contributed by atoms with van der Waals surface area (Å²) in [6.07, 6.45) is -0.828. The fraction of sp³-hybridized carbons (Fsp3) is 0.636. The van der Waals surface area contributed by atoms with Crippen molar-refractivity contribution >= 4 is 17.3 Å². The van der Waals surface area contributed by atoms with Crippen LogP contribution in [-0.2, 0) is 9.53 Å². The fourth-order valence-electron chi connectivity index (χ4n) is 1.45. The average molecular weight is 243 g/mol. The minimum atomic E-state index is -0.828. The quantitative estimate of drug-likeness (QED) is 0.822. The molecule has 0 fully saturated rings. The highest BCUT2D eigenvalue weighted by molar-refractivity contribution is 7.11. The van der Waals surface area contributed by atoms with Gasteiger partial charge < -0.3 is 9.84 Å². The van der Waals surface area contributed by atoms with Crippen LogP contribution in [0.4, 0.5) is 0 Å². The van der Waals surface area contributed by atoms with E-state index in [1.54, 1.807) is 13.8 Å². The van der Waals surface area contributed by atoms with Crippen LogP contribution in [0.1, 0.15) is 35.5 Å². The van der Waals surface area contributed by atoms with Crippen LogP contribution in [0.2, 0.25) is 0 Å². The summed E-state index contributed by atoms with van der Waals surface area (Å²) in [5.74, 6) is -0.932. The highest BCUT2D eigenvalue weighted by atomic mass is 32.1. The molecule has 5 heteroatoms. The summed E-state index contributed by atoms with van der Waals surface area (Å²) in [6, 6.07) is 0. The van der Waals surface area contributed by atoms with E-state index in [1.165, 1.54) is 11.3 Å². The maximum absolute atomic E-state index is 11.5. The molecule has 90 valence electrons. The van der Waals surface area contributed by atoms with E-state index in [9.17, 15) is 9.90 Å². The molecular weight excluding hydrogens is 226 g/mol. The van der Waals surface area contributed by atoms with Crippen molar-refractivity contribution in [3.8, 4) is 0 Å². The molecule has 0 aliphatic carbocycles. The number of thiazole rings is 1. The molecule has 1 heterocycles. The number of hydrogen-bond acceptors (Lipinski definition) is 5. The lowest BCUT2D eigenvalue weighted by Crippen LogP contribution is -2.21. The van der Waals surface area contributed by atoms with Crippen LogP contribution < -0.4 is 0 Å². The molecule has 0 amide bonds. The van der Waals surface area contributed by atoms with Crippen LogP contribution in [0.25, 0.3) is 0 Å². The molecule has 4 nitrogen and oxygen atoms in total. The van der Waals surface area contributed by atoms with E-state index in [2.05, 4.69) is 4.98 Å². The SMILES string of the molecule is CCOC(=O)C(C)C(O)c1sc(C)nc1C. The normalized spacial score (nSPS) is 14.6. The van der Waals surface area contributed by atoms with Gasteiger partial charge in [-0.25, -0.2) is 4.98 Å². The van der Waals surface area contributed by atoms with Crippen LogP contribution >= 0.6 is 11.3 Å². The Morgan fingerprint density at radius 2 is 2.19 bits per heavy atom. The molecule has 2 atom stereocenters. The smallest absolute Gasteiger partial charge is 0.311 e. The van der Waals surface area contributed by atoms with Crippen molar-refractivity contribution in [1.82, 2.24) is 4.98 Å². The number of esters is 1. The van der Waals surface area contributed by atoms with Crippen molar-refractivity contribution in [1.29, 1.82) is 0 Å². The van der Waals surface area contributed by atoms with Crippen molar-refractivity contribution in [3.63, 3.8) is 0 Å². The molecule has 0 radical (unpaired) electrons. The summed E-state index contributed by atoms with van der Waals surface area (Å²) in [7, 11) is 0. The number of ether oxygens (including phenoxy) is 1. The zero-order valence-electron chi connectivity index (χ0n) is 9.98. The number of rotatable bonds is 4. The number of nitrogens with zero attached hydrogens (tertiary/aromatic N) is 1. The van der Waals surface area contributed by atoms with Gasteiger partial charge in [0.05, 0.1) is 28.1 Å². The average Bonchev–Trinajstić information content (AvgIpc) is 2.56. The standard InChI is InChI=1S/C11H17NO3S/c1-5-15-11(14)6(2)9(13)10-7(3)12-8(4)16-10/h6,9,13H,5H2,1-4H3. The molecule has 2 unspecified atom stereocenters. The molecule has 0 bridgehead atoms. The molecule has 0 aliphatic rings. The number of aliphatic hydroxyl groups excluding tert-OH is 1. The van der Waals surface area contributed by atoms with Crippen molar-refractivity contribution < 1.29 is 14.6 Å². The van der Waals surface area contributed by atoms with E-state index < -0.39 is 12.0 Å². The molecule has 1 aromatic rings. The molecule has 16 heavy (non-hydrogen) atoms. The van der Waals surface area contributed by atoms with Gasteiger partial charge in [-0.3, -0.25) is 4.79 Å². The first-order valence-electron chi connectivity index (χ1n) is 5.26. The Hall–Kier alpha value is -0.940. The van der Waals surface area contributed by atoms with Crippen molar-refractivity contribution in [2.75, 3.05) is 6.61 Å². The van der Waals surface area contributed by atoms with E-state index in [0.717, 1.165) is 15.6 Å². The highest BCUT2D eigenvalue weighted by Gasteiger charge is 2.27. The summed E-state index contributed by atoms with van der Waals surface area (Å²) >= 11 is 1.42. The Morgan fingerprint density at radius 1 is 1.56 bits per heavy atom. The molecule has 0 saturated heterocycles. The molecule has 0 spiro atoms. The zero-order chi connectivity index (χ0) is 12.3. The number of aryl methyl sites for hydroxylation is 2. The number of carbonyl (C=O) groups excluding carboxylic acids is 1. The summed E-state index contributed by atoms with van der Waals surface area (Å²) in [5.41, 5.74) is 0.783. The van der Waals surface area contributed by atoms with E-state index in [-0.39, 0.29) is 5.97 Å². The third-order valence-corrected chi connectivity index (χ3v) is 3.48. The second kappa shape index (κ2) is 5.41. The van der Waals surface area contributed by atoms with Gasteiger partial charge in [0.15, 0.2) is 0 Å². The third-order valence-electron chi connectivity index (χ3n) is 2.34. The first-order valence-corrected chi connectivity index (χ1v) is 6.07. The lowest BCUT2D eigenvalue weighted by atomic mass is 10.0. The molecule has 0 saturated carbocycles. The summed E-state index contributed by atoms with van der Waals surface area (Å²) < 4.78 is 4.88. The molecule has 1 rings (SSSR count). The maximum Gasteiger partial charge on any atom is 0.311 e. The van der Waals surface area contributed by atoms with Gasteiger partial charge in [-0.1, -0.05) is 0 Å². The molecule has 0 aliphatic heterocycles. The van der Waals surface area contributed by atoms with Gasteiger partial charge in [0, 0.05) is 0 Å². The van der Waals surface area contributed by atoms with Crippen molar-refractivity contribution in [3.05, 3.63) is 15.6 Å². The molecule has 0 aromatic carbocycles. The van der Waals surface area contributed by atoms with Gasteiger partial charge >= 0.3 is 5.97 Å². The highest BCUT2D eigenvalue weighted by Crippen LogP contribution is 2.30. The minimum Gasteiger partial charge on any atom is -0.466 e. The number of aliphatic hydroxyl groups is 1. The predicted octanol–water partition coefficient (Wildman–Crippen LogP) is 1.99. The Balaban J connectivity index is 2.81. The predicted molar refractivity (Wildman–Crippen MR) is 62.3 cm³/mol. The number of hydrogen-bond donors (Lipinski definition) is 1. The van der Waals surface area contributed by atoms with Gasteiger partial charge in [0.1, 0.15) is 6.10 Å². The molecular formula is C11H17NO3S. The van der Waals surface area contributed by atoms with E-state index in [0.29, 0.717) is 6.61 Å². The zero-order valence-corrected chi connectivity index (χ0v) is 10.8. The Morgan fingerprint density at radius 3 is 2.62 bits per heavy atom. The largest absolute Gasteiger partial charge is 0.466 e. The van der Waals surface area contributed by atoms with Crippen molar-refractivity contribution in [2.45, 2.75) is 33.8 Å². The van der Waals surface area contributed by atoms with E-state index >= 15 is 0 Å². The van der Waals surface area contributed by atoms with E-state index in [4.69, 9.17) is 4.74 Å². The van der Waals surface area contributed by atoms with Crippen LogP contribution in [0.15, 0.2) is 0 Å². The second-order valence-electron chi connectivity index (χ2n) is 3.67. The van der Waals surface area contributed by atoms with Crippen LogP contribution in [0, 0.1) is 19.8 Å². The first-order chi connectivity index (χ1) is 7.47. The van der Waals surface area contributed by atoms with Gasteiger partial charge in [-0.2, -0.15) is 0 Å². The minimum absolute atomic E-state index is 0.330. The summed E-state index contributed by atoms with van der Waals surface area (Å²) in [4.78, 5) is 16.5. The topological polar surface area (TPSA) is 59.4 Å². The number of aromatic nitrogens is 1. The fourth-order valence-corrected chi connectivity index (χ4v) is 2.47. The van der Waals surface area contributed by atoms with Crippen LogP contribution in [-0.4, -0.2) is 22.7 Å². The second-order valence-corrected chi connectivity index (χ2v) is 4.90. The summed E-state index contributed by atoms with van der Waals surface area (Å²) in [6.45, 7) is 7.45. The van der Waals surface area contributed by atoms with Crippen molar-refractivity contribution in [2.24, 2.45) is 5.92 Å². The summed E-state index contributed by atoms with van der Waals surface area (Å²) in [5, 5.41) is 10.9. The maximum atomic E-state index is 11.5. The lowest BCUT2D eigenvalue weighted by molar-refractivity contribution is -0.151. The van der Waals surface area contributed by atoms with E-state index in [1.807, 2.05) is 13.8 Å². The Labute approximate surface area is 99.3 Å².